The summed E-state index contributed by atoms with van der Waals surface area (Å²) in [6, 6.07) is 12.0. The van der Waals surface area contributed by atoms with Crippen LogP contribution in [0, 0.1) is 0 Å². The predicted octanol–water partition coefficient (Wildman–Crippen LogP) is -0.0521. The van der Waals surface area contributed by atoms with Crippen LogP contribution in [0.4, 0.5) is 0 Å². The molecule has 8 nitrogen and oxygen atoms in total. The summed E-state index contributed by atoms with van der Waals surface area (Å²) < 4.78 is 25.9. The van der Waals surface area contributed by atoms with Crippen molar-refractivity contribution in [1.29, 1.82) is 0 Å². The average Bonchev–Trinajstić information content (AvgIpc) is 2.36. The summed E-state index contributed by atoms with van der Waals surface area (Å²) in [5.41, 5.74) is 6.07. The molecule has 0 radical (unpaired) electrons. The zero-order valence-corrected chi connectivity index (χ0v) is 11.7. The molecule has 0 unspecified atom stereocenters. The maximum absolute atomic E-state index is 10.1. The van der Waals surface area contributed by atoms with Crippen LogP contribution in [0.1, 0.15) is 12.8 Å². The highest BCUT2D eigenvalue weighted by atomic mass is 32.2. The molecule has 0 aromatic heterocycles. The van der Waals surface area contributed by atoms with Gasteiger partial charge in [0.15, 0.2) is 0 Å². The van der Waals surface area contributed by atoms with Crippen molar-refractivity contribution in [2.24, 2.45) is 5.73 Å². The monoisotopic (exact) mass is 306 g/mol. The van der Waals surface area contributed by atoms with Gasteiger partial charge in [-0.25, -0.2) is 5.48 Å². The van der Waals surface area contributed by atoms with Gasteiger partial charge >= 0.3 is 0 Å². The Bertz CT molecular complexity index is 440. The summed E-state index contributed by atoms with van der Waals surface area (Å²) >= 11 is 0. The lowest BCUT2D eigenvalue weighted by Gasteiger charge is -1.92. The number of hydroxylamine groups is 1. The number of hydrogen-bond donors (Lipinski definition) is 4. The highest BCUT2D eigenvalue weighted by molar-refractivity contribution is 7.85. The van der Waals surface area contributed by atoms with Crippen molar-refractivity contribution in [3.05, 3.63) is 36.4 Å². The smallest absolute Gasteiger partial charge is 0.261 e. The summed E-state index contributed by atoms with van der Waals surface area (Å²) in [4.78, 5) is 20.1. The standard InChI is InChI=1S/C6H6.C4H8N2O3.CH4O3S/c1-2-4-6-5-3-1;5-3(7)1-2-4(8)6-9;1-5(2,3)4/h1-6H;9H,1-2H2,(H2,5,7)(H,6,8);1H3,(H,2,3,4). The van der Waals surface area contributed by atoms with Gasteiger partial charge in [0, 0.05) is 12.8 Å². The van der Waals surface area contributed by atoms with E-state index in [0.29, 0.717) is 6.26 Å². The second-order valence-corrected chi connectivity index (χ2v) is 4.86. The summed E-state index contributed by atoms with van der Waals surface area (Å²) in [6.45, 7) is 0. The van der Waals surface area contributed by atoms with Crippen LogP contribution in [0.25, 0.3) is 0 Å². The van der Waals surface area contributed by atoms with Crippen molar-refractivity contribution < 1.29 is 27.8 Å². The van der Waals surface area contributed by atoms with Gasteiger partial charge in [-0.2, -0.15) is 8.42 Å². The van der Waals surface area contributed by atoms with Crippen molar-refractivity contribution in [3.8, 4) is 0 Å². The Morgan fingerprint density at radius 2 is 1.35 bits per heavy atom. The third kappa shape index (κ3) is 29.8. The van der Waals surface area contributed by atoms with E-state index < -0.39 is 21.9 Å². The molecule has 0 aliphatic rings. The Hall–Kier alpha value is -1.97. The van der Waals surface area contributed by atoms with Crippen molar-refractivity contribution in [2.75, 3.05) is 6.26 Å². The number of carbonyl (C=O) groups excluding carboxylic acids is 2. The normalized spacial score (nSPS) is 9.15. The molecule has 114 valence electrons. The molecule has 1 aromatic carbocycles. The molecule has 0 saturated heterocycles. The molecule has 0 saturated carbocycles. The molecule has 5 N–H and O–H groups in total. The molecular weight excluding hydrogens is 288 g/mol. The first-order valence-electron chi connectivity index (χ1n) is 5.30. The second kappa shape index (κ2) is 12.1. The second-order valence-electron chi connectivity index (χ2n) is 3.39. The number of hydrogen-bond acceptors (Lipinski definition) is 5. The van der Waals surface area contributed by atoms with E-state index in [1.165, 1.54) is 5.48 Å². The van der Waals surface area contributed by atoms with E-state index in [9.17, 15) is 18.0 Å². The fourth-order valence-corrected chi connectivity index (χ4v) is 0.678. The van der Waals surface area contributed by atoms with Crippen molar-refractivity contribution in [2.45, 2.75) is 12.8 Å². The third-order valence-corrected chi connectivity index (χ3v) is 1.39. The summed E-state index contributed by atoms with van der Waals surface area (Å²) in [6.07, 6.45) is 0.616. The lowest BCUT2D eigenvalue weighted by molar-refractivity contribution is -0.131. The molecule has 1 rings (SSSR count). The highest BCUT2D eigenvalue weighted by Gasteiger charge is 2.00. The number of nitrogens with one attached hydrogen (secondary N) is 1. The molecule has 0 heterocycles. The molecule has 0 aliphatic heterocycles. The SMILES string of the molecule is CS(=O)(=O)O.NC(=O)CCC(=O)NO.c1ccccc1. The van der Waals surface area contributed by atoms with Gasteiger partial charge in [-0.1, -0.05) is 36.4 Å². The van der Waals surface area contributed by atoms with E-state index in [4.69, 9.17) is 15.5 Å². The lowest BCUT2D eigenvalue weighted by Crippen LogP contribution is -2.21. The van der Waals surface area contributed by atoms with Gasteiger partial charge in [-0.15, -0.1) is 0 Å². The van der Waals surface area contributed by atoms with E-state index in [1.807, 2.05) is 36.4 Å². The number of nitrogens with two attached hydrogens (primary N) is 1. The number of rotatable bonds is 3. The van der Waals surface area contributed by atoms with Gasteiger partial charge in [-0.3, -0.25) is 19.3 Å². The largest absolute Gasteiger partial charge is 0.370 e. The maximum atomic E-state index is 10.1. The van der Waals surface area contributed by atoms with Crippen molar-refractivity contribution in [3.63, 3.8) is 0 Å². The topological polar surface area (TPSA) is 147 Å². The lowest BCUT2D eigenvalue weighted by atomic mass is 10.3. The average molecular weight is 306 g/mol. The summed E-state index contributed by atoms with van der Waals surface area (Å²) in [5.74, 6) is -1.16. The maximum Gasteiger partial charge on any atom is 0.261 e. The van der Waals surface area contributed by atoms with Gasteiger partial charge < -0.3 is 5.73 Å². The van der Waals surface area contributed by atoms with Crippen LogP contribution in [-0.4, -0.2) is 36.2 Å². The molecule has 2 amide bonds. The Kier molecular flexibility index (Phi) is 12.3. The Morgan fingerprint density at radius 3 is 1.55 bits per heavy atom. The number of carbonyl (C=O) groups is 2. The minimum atomic E-state index is -3.67. The first kappa shape index (κ1) is 20.3. The minimum absolute atomic E-state index is 0.0353. The Balaban J connectivity index is 0. The summed E-state index contributed by atoms with van der Waals surface area (Å²) in [7, 11) is -3.67. The first-order chi connectivity index (χ1) is 9.16. The van der Waals surface area contributed by atoms with E-state index in [0.717, 1.165) is 0 Å². The van der Waals surface area contributed by atoms with E-state index in [2.05, 4.69) is 0 Å². The van der Waals surface area contributed by atoms with Gasteiger partial charge in [0.2, 0.25) is 11.8 Å². The Morgan fingerprint density at radius 1 is 1.05 bits per heavy atom. The van der Waals surface area contributed by atoms with Crippen LogP contribution >= 0.6 is 0 Å². The number of benzene rings is 1. The number of primary amides is 1. The van der Waals surface area contributed by atoms with Crippen LogP contribution in [0.2, 0.25) is 0 Å². The number of amides is 2. The molecule has 0 bridgehead atoms. The zero-order chi connectivity index (χ0) is 16.0. The molecule has 0 atom stereocenters. The minimum Gasteiger partial charge on any atom is -0.370 e. The predicted molar refractivity (Wildman–Crippen MR) is 72.3 cm³/mol. The fraction of sp³-hybridized carbons (Fsp3) is 0.273. The van der Waals surface area contributed by atoms with Crippen LogP contribution in [-0.2, 0) is 19.7 Å². The molecule has 9 heteroatoms. The molecule has 20 heavy (non-hydrogen) atoms. The quantitative estimate of drug-likeness (QED) is 0.349. The van der Waals surface area contributed by atoms with Crippen LogP contribution in [0.15, 0.2) is 36.4 Å². The Labute approximate surface area is 117 Å². The van der Waals surface area contributed by atoms with Gasteiger partial charge in [0.1, 0.15) is 0 Å². The summed E-state index contributed by atoms with van der Waals surface area (Å²) in [5, 5.41) is 7.90. The first-order valence-corrected chi connectivity index (χ1v) is 7.15. The zero-order valence-electron chi connectivity index (χ0n) is 10.9. The molecule has 1 aromatic rings. The van der Waals surface area contributed by atoms with E-state index in [-0.39, 0.29) is 12.8 Å². The third-order valence-electron chi connectivity index (χ3n) is 1.39. The van der Waals surface area contributed by atoms with Gasteiger partial charge in [-0.05, 0) is 0 Å². The van der Waals surface area contributed by atoms with E-state index >= 15 is 0 Å². The van der Waals surface area contributed by atoms with Crippen LogP contribution in [0.5, 0.6) is 0 Å². The fourth-order valence-electron chi connectivity index (χ4n) is 0.678. The van der Waals surface area contributed by atoms with Crippen molar-refractivity contribution >= 4 is 21.9 Å². The van der Waals surface area contributed by atoms with Gasteiger partial charge in [0.05, 0.1) is 6.26 Å². The molecule has 0 spiro atoms. The molecule has 0 fully saturated rings. The van der Waals surface area contributed by atoms with Crippen molar-refractivity contribution in [1.82, 2.24) is 5.48 Å². The molecule has 0 aliphatic carbocycles. The highest BCUT2D eigenvalue weighted by Crippen LogP contribution is 1.84. The molecular formula is C11H18N2O6S. The van der Waals surface area contributed by atoms with Crippen LogP contribution < -0.4 is 11.2 Å². The van der Waals surface area contributed by atoms with Gasteiger partial charge in [0.25, 0.3) is 10.1 Å². The van der Waals surface area contributed by atoms with E-state index in [1.54, 1.807) is 0 Å². The van der Waals surface area contributed by atoms with Crippen LogP contribution in [0.3, 0.4) is 0 Å².